The number of alkyl halides is 3. The first-order valence-corrected chi connectivity index (χ1v) is 10.8. The number of rotatable bonds is 3. The molecule has 31 heavy (non-hydrogen) atoms. The lowest BCUT2D eigenvalue weighted by Crippen LogP contribution is -2.65. The number of benzene rings is 1. The van der Waals surface area contributed by atoms with E-state index in [1.165, 1.54) is 6.07 Å². The van der Waals surface area contributed by atoms with Crippen molar-refractivity contribution in [2.75, 3.05) is 4.90 Å². The lowest BCUT2D eigenvalue weighted by atomic mass is 9.70. The van der Waals surface area contributed by atoms with Gasteiger partial charge in [-0.05, 0) is 80.6 Å². The van der Waals surface area contributed by atoms with Crippen molar-refractivity contribution in [1.82, 2.24) is 4.90 Å². The predicted molar refractivity (Wildman–Crippen MR) is 113 cm³/mol. The molecule has 1 saturated heterocycles. The molecule has 0 bridgehead atoms. The normalized spacial score (nSPS) is 26.5. The van der Waals surface area contributed by atoms with Crippen molar-refractivity contribution in [2.24, 2.45) is 5.92 Å². The van der Waals surface area contributed by atoms with Crippen LogP contribution in [-0.2, 0) is 11.0 Å². The van der Waals surface area contributed by atoms with Gasteiger partial charge in [0.15, 0.2) is 5.11 Å². The van der Waals surface area contributed by atoms with E-state index in [-0.39, 0.29) is 17.1 Å². The van der Waals surface area contributed by atoms with Crippen LogP contribution in [0.15, 0.2) is 41.6 Å². The molecule has 2 saturated carbocycles. The Morgan fingerprint density at radius 2 is 2.00 bits per heavy atom. The van der Waals surface area contributed by atoms with Gasteiger partial charge < -0.3 is 9.80 Å². The number of hydrogen-bond donors (Lipinski definition) is 0. The highest BCUT2D eigenvalue weighted by molar-refractivity contribution is 7.80. The van der Waals surface area contributed by atoms with E-state index in [4.69, 9.17) is 17.5 Å². The summed E-state index contributed by atoms with van der Waals surface area (Å²) >= 11 is 5.89. The lowest BCUT2D eigenvalue weighted by molar-refractivity contribution is -0.137. The first kappa shape index (κ1) is 20.3. The Hall–Kier alpha value is -2.66. The maximum Gasteiger partial charge on any atom is 0.417 e. The largest absolute Gasteiger partial charge is 0.417 e. The zero-order valence-electron chi connectivity index (χ0n) is 16.7. The number of allylic oxidation sites excluding steroid dienone is 4. The highest BCUT2D eigenvalue weighted by Gasteiger charge is 2.66. The molecule has 8 heteroatoms. The minimum Gasteiger partial charge on any atom is -0.316 e. The molecule has 0 radical (unpaired) electrons. The molecule has 1 spiro atoms. The van der Waals surface area contributed by atoms with Crippen LogP contribution in [0.25, 0.3) is 0 Å². The number of carbonyl (C=O) groups is 1. The molecule has 5 rings (SSSR count). The summed E-state index contributed by atoms with van der Waals surface area (Å²) < 4.78 is 40.7. The summed E-state index contributed by atoms with van der Waals surface area (Å²) in [7, 11) is 0. The van der Waals surface area contributed by atoms with Crippen LogP contribution in [0, 0.1) is 17.2 Å². The number of thiocarbonyl (C=S) groups is 1. The third-order valence-corrected chi connectivity index (χ3v) is 7.53. The molecule has 1 aromatic carbocycles. The van der Waals surface area contributed by atoms with Crippen LogP contribution in [0.4, 0.5) is 18.9 Å². The van der Waals surface area contributed by atoms with E-state index in [1.54, 1.807) is 12.1 Å². The Morgan fingerprint density at radius 1 is 1.23 bits per heavy atom. The second kappa shape index (κ2) is 6.92. The zero-order valence-corrected chi connectivity index (χ0v) is 17.5. The summed E-state index contributed by atoms with van der Waals surface area (Å²) in [6, 6.07) is 5.57. The van der Waals surface area contributed by atoms with Crippen molar-refractivity contribution in [2.45, 2.75) is 56.3 Å². The predicted octanol–water partition coefficient (Wildman–Crippen LogP) is 5.10. The maximum absolute atomic E-state index is 13.6. The van der Waals surface area contributed by atoms with Gasteiger partial charge in [-0.25, -0.2) is 0 Å². The smallest absolute Gasteiger partial charge is 0.316 e. The van der Waals surface area contributed by atoms with Crippen molar-refractivity contribution in [3.8, 4) is 6.07 Å². The Labute approximate surface area is 183 Å². The second-order valence-corrected chi connectivity index (χ2v) is 9.08. The first-order valence-electron chi connectivity index (χ1n) is 10.4. The van der Waals surface area contributed by atoms with Gasteiger partial charge in [0.25, 0.3) is 0 Å². The second-order valence-electron chi connectivity index (χ2n) is 8.71. The molecule has 1 heterocycles. The molecule has 1 aliphatic heterocycles. The average molecular weight is 443 g/mol. The average Bonchev–Trinajstić information content (AvgIpc) is 3.51. The summed E-state index contributed by atoms with van der Waals surface area (Å²) in [5, 5.41) is 9.64. The van der Waals surface area contributed by atoms with E-state index in [2.05, 4.69) is 4.90 Å². The Morgan fingerprint density at radius 3 is 2.55 bits per heavy atom. The van der Waals surface area contributed by atoms with Crippen LogP contribution >= 0.6 is 12.2 Å². The van der Waals surface area contributed by atoms with Gasteiger partial charge in [-0.1, -0.05) is 6.08 Å². The van der Waals surface area contributed by atoms with Gasteiger partial charge in [-0.15, -0.1) is 0 Å². The standard InChI is InChI=1S/C23H20F3N3OS/c24-23(25,26)18-10-17(7-4-15(18)12-27)28-20-11-19(20)22(8-1-9-22)29(21(28)31)16-5-2-14(13-30)3-6-16/h2,4-5,7,10,13,19-20H,1,3,6,8-9,11H2. The van der Waals surface area contributed by atoms with Crippen LogP contribution in [0.2, 0.25) is 0 Å². The van der Waals surface area contributed by atoms with Crippen LogP contribution in [0.3, 0.4) is 0 Å². The molecular formula is C23H20F3N3OS. The van der Waals surface area contributed by atoms with Crippen molar-refractivity contribution in [1.29, 1.82) is 5.26 Å². The maximum atomic E-state index is 13.6. The number of anilines is 1. The fraction of sp³-hybridized carbons (Fsp3) is 0.435. The van der Waals surface area contributed by atoms with Crippen molar-refractivity contribution in [3.63, 3.8) is 0 Å². The van der Waals surface area contributed by atoms with Gasteiger partial charge in [0, 0.05) is 23.3 Å². The van der Waals surface area contributed by atoms with Crippen LogP contribution < -0.4 is 4.90 Å². The minimum atomic E-state index is -4.61. The molecule has 2 unspecified atom stereocenters. The van der Waals surface area contributed by atoms with E-state index in [1.807, 2.05) is 17.1 Å². The summed E-state index contributed by atoms with van der Waals surface area (Å²) in [5.74, 6) is 0.343. The summed E-state index contributed by atoms with van der Waals surface area (Å²) in [4.78, 5) is 15.1. The van der Waals surface area contributed by atoms with Crippen molar-refractivity contribution >= 4 is 29.3 Å². The summed E-state index contributed by atoms with van der Waals surface area (Å²) in [5.41, 5.74) is 0.755. The molecule has 4 nitrogen and oxygen atoms in total. The van der Waals surface area contributed by atoms with Gasteiger partial charge >= 0.3 is 6.18 Å². The molecule has 4 aliphatic rings. The number of aldehydes is 1. The molecular weight excluding hydrogens is 423 g/mol. The number of carbonyl (C=O) groups excluding carboxylic acids is 1. The molecule has 0 aromatic heterocycles. The lowest BCUT2D eigenvalue weighted by Gasteiger charge is -2.57. The molecule has 3 aliphatic carbocycles. The van der Waals surface area contributed by atoms with Gasteiger partial charge in [-0.2, -0.15) is 18.4 Å². The van der Waals surface area contributed by atoms with Gasteiger partial charge in [0.1, 0.15) is 6.29 Å². The van der Waals surface area contributed by atoms with Crippen LogP contribution in [0.1, 0.15) is 49.7 Å². The minimum absolute atomic E-state index is 0.0595. The van der Waals surface area contributed by atoms with Crippen molar-refractivity contribution in [3.05, 3.63) is 52.7 Å². The highest BCUT2D eigenvalue weighted by Crippen LogP contribution is 2.61. The third kappa shape index (κ3) is 3.01. The Kier molecular flexibility index (Phi) is 4.52. The number of hydrogen-bond acceptors (Lipinski definition) is 3. The van der Waals surface area contributed by atoms with Gasteiger partial charge in [-0.3, -0.25) is 4.79 Å². The monoisotopic (exact) mass is 443 g/mol. The van der Waals surface area contributed by atoms with Crippen molar-refractivity contribution < 1.29 is 18.0 Å². The van der Waals surface area contributed by atoms with Gasteiger partial charge in [0.05, 0.1) is 22.7 Å². The van der Waals surface area contributed by atoms with Crippen LogP contribution in [0.5, 0.6) is 0 Å². The van der Waals surface area contributed by atoms with E-state index in [0.29, 0.717) is 29.6 Å². The Balaban J connectivity index is 1.56. The number of halogens is 3. The molecule has 0 amide bonds. The first-order chi connectivity index (χ1) is 14.8. The molecule has 0 N–H and O–H groups in total. The molecule has 1 aromatic rings. The summed E-state index contributed by atoms with van der Waals surface area (Å²) in [6.45, 7) is 0. The van der Waals surface area contributed by atoms with E-state index >= 15 is 0 Å². The molecule has 3 fully saturated rings. The fourth-order valence-electron chi connectivity index (χ4n) is 5.44. The summed E-state index contributed by atoms with van der Waals surface area (Å²) in [6.07, 6.45) is 5.34. The fourth-order valence-corrected chi connectivity index (χ4v) is 5.98. The number of nitriles is 1. The van der Waals surface area contributed by atoms with Gasteiger partial charge in [0.2, 0.25) is 0 Å². The van der Waals surface area contributed by atoms with Crippen LogP contribution in [-0.4, -0.2) is 27.9 Å². The highest BCUT2D eigenvalue weighted by atomic mass is 32.1. The third-order valence-electron chi connectivity index (χ3n) is 7.15. The zero-order chi connectivity index (χ0) is 22.0. The topological polar surface area (TPSA) is 47.3 Å². The van der Waals surface area contributed by atoms with E-state index in [9.17, 15) is 18.0 Å². The molecule has 160 valence electrons. The Bertz CT molecular complexity index is 1080. The SMILES string of the molecule is N#Cc1ccc(N2C(=S)N(C3=CC=C(C=O)CC3)C3(CCC3)C3CC32)cc1C(F)(F)F. The van der Waals surface area contributed by atoms with E-state index in [0.717, 1.165) is 49.3 Å². The van der Waals surface area contributed by atoms with E-state index < -0.39 is 11.7 Å². The number of nitrogens with zero attached hydrogens (tertiary/aromatic N) is 3. The number of fused-ring (bicyclic) bond motifs is 2. The quantitative estimate of drug-likeness (QED) is 0.481. The molecule has 2 atom stereocenters.